The van der Waals surface area contributed by atoms with Gasteiger partial charge in [0.1, 0.15) is 0 Å². The number of carboxylic acids is 1. The maximum absolute atomic E-state index is 11.1. The van der Waals surface area contributed by atoms with Gasteiger partial charge in [-0.2, -0.15) is 13.5 Å². The van der Waals surface area contributed by atoms with Crippen LogP contribution >= 0.6 is 0 Å². The van der Waals surface area contributed by atoms with Crippen LogP contribution in [0.4, 0.5) is 5.82 Å². The summed E-state index contributed by atoms with van der Waals surface area (Å²) in [5.41, 5.74) is 3.42. The van der Waals surface area contributed by atoms with Gasteiger partial charge < -0.3 is 5.11 Å². The van der Waals surface area contributed by atoms with Crippen molar-refractivity contribution in [2.75, 3.05) is 12.3 Å². The third kappa shape index (κ3) is 6.93. The Morgan fingerprint density at radius 1 is 1.14 bits per heavy atom. The molecule has 37 heavy (non-hydrogen) atoms. The summed E-state index contributed by atoms with van der Waals surface area (Å²) in [4.78, 5) is 15.7. The quantitative estimate of drug-likeness (QED) is 0.234. The number of aliphatic carboxylic acids is 1. The number of fused-ring (bicyclic) bond motifs is 1. The molecule has 0 fully saturated rings. The maximum atomic E-state index is 11.1. The van der Waals surface area contributed by atoms with Crippen LogP contribution in [0.3, 0.4) is 0 Å². The summed E-state index contributed by atoms with van der Waals surface area (Å²) in [6.45, 7) is 11.6. The molecule has 10 heteroatoms. The molecule has 0 spiro atoms. The van der Waals surface area contributed by atoms with Crippen molar-refractivity contribution >= 4 is 33.3 Å². The van der Waals surface area contributed by atoms with Crippen LogP contribution in [-0.4, -0.2) is 52.8 Å². The highest BCUT2D eigenvalue weighted by Gasteiger charge is 2.42. The molecule has 2 aliphatic rings. The van der Waals surface area contributed by atoms with Crippen molar-refractivity contribution in [2.45, 2.75) is 78.7 Å². The zero-order chi connectivity index (χ0) is 27.4. The SMILES string of the molecule is CC1=NN(CCCS(=O)(=O)O)/C(=C/C=C/C2=Nc3c(ccc[n+]3CCCCCC(=O)O)C2(C)C)C1(C)C. The highest BCUT2D eigenvalue weighted by molar-refractivity contribution is 7.85. The average molecular weight is 532 g/mol. The molecule has 2 N–H and O–H groups in total. The second-order valence-electron chi connectivity index (χ2n) is 10.7. The van der Waals surface area contributed by atoms with Crippen molar-refractivity contribution in [1.29, 1.82) is 0 Å². The number of hydrogen-bond donors (Lipinski definition) is 2. The van der Waals surface area contributed by atoms with Gasteiger partial charge in [-0.15, -0.1) is 0 Å². The van der Waals surface area contributed by atoms with Gasteiger partial charge in [0.25, 0.3) is 10.1 Å². The van der Waals surface area contributed by atoms with E-state index in [-0.39, 0.29) is 29.4 Å². The Bertz CT molecular complexity index is 1260. The van der Waals surface area contributed by atoms with E-state index in [1.54, 1.807) is 0 Å². The Balaban J connectivity index is 1.77. The number of carbonyl (C=O) groups is 1. The summed E-state index contributed by atoms with van der Waals surface area (Å²) >= 11 is 0. The molecule has 0 radical (unpaired) electrons. The molecule has 0 aliphatic carbocycles. The van der Waals surface area contributed by atoms with E-state index < -0.39 is 16.1 Å². The summed E-state index contributed by atoms with van der Waals surface area (Å²) in [5, 5.41) is 15.3. The molecule has 0 amide bonds. The lowest BCUT2D eigenvalue weighted by Gasteiger charge is -2.25. The Kier molecular flexibility index (Phi) is 8.74. The number of aryl methyl sites for hydroxylation is 1. The van der Waals surface area contributed by atoms with Crippen LogP contribution in [0.5, 0.6) is 0 Å². The molecule has 0 atom stereocenters. The van der Waals surface area contributed by atoms with Crippen LogP contribution in [0.2, 0.25) is 0 Å². The normalized spacial score (nSPS) is 19.4. The van der Waals surface area contributed by atoms with E-state index in [2.05, 4.69) is 43.4 Å². The van der Waals surface area contributed by atoms with E-state index in [1.807, 2.05) is 42.4 Å². The second-order valence-corrected chi connectivity index (χ2v) is 12.3. The number of nitrogens with zero attached hydrogens (tertiary/aromatic N) is 4. The van der Waals surface area contributed by atoms with Gasteiger partial charge in [-0.05, 0) is 89.6 Å². The number of carboxylic acid groups (broad SMARTS) is 1. The van der Waals surface area contributed by atoms with Gasteiger partial charge in [0.15, 0.2) is 5.71 Å². The molecule has 202 valence electrons. The van der Waals surface area contributed by atoms with Gasteiger partial charge >= 0.3 is 11.8 Å². The minimum absolute atomic E-state index is 0.201. The first kappa shape index (κ1) is 28.7. The van der Waals surface area contributed by atoms with E-state index in [1.165, 1.54) is 0 Å². The highest BCUT2D eigenvalue weighted by Crippen LogP contribution is 2.39. The standard InChI is InChI=1S/C27H38N4O5S/c1-20-26(2,3)23(31(29-20)18-11-19-37(34,35)36)14-9-13-22-27(4,5)21-12-10-17-30(25(21)28-22)16-8-6-7-15-24(32)33/h9-10,12-14,17H,6-8,11,15-16,18-19H2,1-5H3,(H-,32,33,34,35,36)/p+1. The van der Waals surface area contributed by atoms with Crippen LogP contribution in [-0.2, 0) is 26.9 Å². The topological polar surface area (TPSA) is 124 Å². The summed E-state index contributed by atoms with van der Waals surface area (Å²) in [7, 11) is -4.01. The predicted octanol–water partition coefficient (Wildman–Crippen LogP) is 4.42. The molecule has 9 nitrogen and oxygen atoms in total. The van der Waals surface area contributed by atoms with Crippen molar-refractivity contribution in [2.24, 2.45) is 15.5 Å². The number of hydrogen-bond acceptors (Lipinski definition) is 6. The van der Waals surface area contributed by atoms with Crippen LogP contribution in [0.1, 0.15) is 72.3 Å². The summed E-state index contributed by atoms with van der Waals surface area (Å²) in [6.07, 6.45) is 10.9. The van der Waals surface area contributed by atoms with E-state index in [4.69, 9.17) is 14.7 Å². The summed E-state index contributed by atoms with van der Waals surface area (Å²) < 4.78 is 33.5. The molecule has 0 unspecified atom stereocenters. The van der Waals surface area contributed by atoms with Gasteiger partial charge in [0.2, 0.25) is 0 Å². The lowest BCUT2D eigenvalue weighted by molar-refractivity contribution is -0.684. The lowest BCUT2D eigenvalue weighted by Crippen LogP contribution is -2.34. The Morgan fingerprint density at radius 3 is 2.54 bits per heavy atom. The van der Waals surface area contributed by atoms with Crippen molar-refractivity contribution in [3.63, 3.8) is 0 Å². The second kappa shape index (κ2) is 11.3. The first-order chi connectivity index (χ1) is 17.2. The fourth-order valence-corrected chi connectivity index (χ4v) is 5.16. The molecule has 1 aromatic rings. The number of pyridine rings is 1. The molecular formula is C27H39N4O5S+. The van der Waals surface area contributed by atoms with Gasteiger partial charge in [0.05, 0.1) is 29.5 Å². The molecule has 0 saturated heterocycles. The number of rotatable bonds is 12. The fourth-order valence-electron chi connectivity index (χ4n) is 4.67. The minimum Gasteiger partial charge on any atom is -0.481 e. The van der Waals surface area contributed by atoms with Gasteiger partial charge in [-0.25, -0.2) is 4.57 Å². The van der Waals surface area contributed by atoms with Gasteiger partial charge in [0, 0.05) is 29.8 Å². The van der Waals surface area contributed by atoms with Gasteiger partial charge in [-0.3, -0.25) is 14.4 Å². The Morgan fingerprint density at radius 2 is 1.86 bits per heavy atom. The van der Waals surface area contributed by atoms with Crippen LogP contribution in [0.15, 0.2) is 52.3 Å². The molecule has 3 rings (SSSR count). The molecular weight excluding hydrogens is 492 g/mol. The number of allylic oxidation sites excluding steroid dienone is 4. The van der Waals surface area contributed by atoms with E-state index in [9.17, 15) is 13.2 Å². The minimum atomic E-state index is -4.01. The van der Waals surface area contributed by atoms with E-state index in [0.717, 1.165) is 47.9 Å². The summed E-state index contributed by atoms with van der Waals surface area (Å²) in [6, 6.07) is 4.14. The molecule has 0 bridgehead atoms. The van der Waals surface area contributed by atoms with Crippen LogP contribution < -0.4 is 4.57 Å². The highest BCUT2D eigenvalue weighted by atomic mass is 32.2. The van der Waals surface area contributed by atoms with Gasteiger partial charge in [-0.1, -0.05) is 6.08 Å². The molecule has 1 aromatic heterocycles. The number of hydrazone groups is 1. The monoisotopic (exact) mass is 531 g/mol. The Hall–Kier alpha value is -2.85. The lowest BCUT2D eigenvalue weighted by atomic mass is 9.82. The summed E-state index contributed by atoms with van der Waals surface area (Å²) in [5.74, 6) is -0.120. The molecule has 2 aliphatic heterocycles. The third-order valence-electron chi connectivity index (χ3n) is 7.25. The first-order valence-corrected chi connectivity index (χ1v) is 14.4. The van der Waals surface area contributed by atoms with Crippen LogP contribution in [0.25, 0.3) is 0 Å². The first-order valence-electron chi connectivity index (χ1n) is 12.7. The van der Waals surface area contributed by atoms with E-state index >= 15 is 0 Å². The molecule has 0 aromatic carbocycles. The third-order valence-corrected chi connectivity index (χ3v) is 8.05. The number of aliphatic imine (C=N–C) groups is 1. The predicted molar refractivity (Wildman–Crippen MR) is 145 cm³/mol. The number of unbranched alkanes of at least 4 members (excludes halogenated alkanes) is 2. The van der Waals surface area contributed by atoms with Crippen LogP contribution in [0, 0.1) is 5.41 Å². The van der Waals surface area contributed by atoms with Crippen molar-refractivity contribution in [3.05, 3.63) is 47.8 Å². The maximum Gasteiger partial charge on any atom is 0.327 e. The zero-order valence-corrected chi connectivity index (χ0v) is 23.3. The molecule has 0 saturated carbocycles. The zero-order valence-electron chi connectivity index (χ0n) is 22.4. The fraction of sp³-hybridized carbons (Fsp3) is 0.556. The van der Waals surface area contributed by atoms with Crippen molar-refractivity contribution < 1.29 is 27.4 Å². The molecule has 3 heterocycles. The van der Waals surface area contributed by atoms with Crippen molar-refractivity contribution in [1.82, 2.24) is 5.01 Å². The average Bonchev–Trinajstić information content (AvgIpc) is 3.16. The smallest absolute Gasteiger partial charge is 0.327 e. The number of aromatic nitrogens is 1. The largest absolute Gasteiger partial charge is 0.481 e. The van der Waals surface area contributed by atoms with Crippen molar-refractivity contribution in [3.8, 4) is 0 Å². The Labute approximate surface area is 220 Å². The van der Waals surface area contributed by atoms with E-state index in [0.29, 0.717) is 13.0 Å².